The molecule has 1 unspecified atom stereocenters. The van der Waals surface area contributed by atoms with Crippen LogP contribution in [0.1, 0.15) is 39.0 Å². The van der Waals surface area contributed by atoms with Crippen molar-refractivity contribution < 1.29 is 9.00 Å². The first-order chi connectivity index (χ1) is 8.60. The predicted molar refractivity (Wildman–Crippen MR) is 76.0 cm³/mol. The molecule has 0 bridgehead atoms. The molecule has 1 atom stereocenters. The standard InChI is InChI=1S/C13H26N2O2S/c1-3-5-13(6-9-14-10-7-13)12(16)15-8-4-11-18(2)17/h14H,3-11H2,1-2H3,(H,15,16). The molecule has 2 N–H and O–H groups in total. The van der Waals surface area contributed by atoms with E-state index >= 15 is 0 Å². The maximum absolute atomic E-state index is 12.3. The van der Waals surface area contributed by atoms with Gasteiger partial charge in [-0.2, -0.15) is 0 Å². The number of carbonyl (C=O) groups is 1. The smallest absolute Gasteiger partial charge is 0.226 e. The van der Waals surface area contributed by atoms with Gasteiger partial charge in [0.05, 0.1) is 5.41 Å². The summed E-state index contributed by atoms with van der Waals surface area (Å²) in [6.07, 6.45) is 6.40. The van der Waals surface area contributed by atoms with Crippen LogP contribution in [0.15, 0.2) is 0 Å². The van der Waals surface area contributed by atoms with Crippen molar-refractivity contribution in [2.45, 2.75) is 39.0 Å². The molecule has 0 aromatic carbocycles. The largest absolute Gasteiger partial charge is 0.356 e. The topological polar surface area (TPSA) is 58.2 Å². The van der Waals surface area contributed by atoms with Crippen LogP contribution < -0.4 is 10.6 Å². The summed E-state index contributed by atoms with van der Waals surface area (Å²) in [6, 6.07) is 0. The Hall–Kier alpha value is -0.420. The number of hydrogen-bond acceptors (Lipinski definition) is 3. The Bertz CT molecular complexity index is 283. The molecule has 0 radical (unpaired) electrons. The zero-order valence-corrected chi connectivity index (χ0v) is 12.4. The molecule has 4 nitrogen and oxygen atoms in total. The highest BCUT2D eigenvalue weighted by molar-refractivity contribution is 7.84. The van der Waals surface area contributed by atoms with Gasteiger partial charge in [-0.05, 0) is 38.8 Å². The lowest BCUT2D eigenvalue weighted by Crippen LogP contribution is -2.47. The highest BCUT2D eigenvalue weighted by Crippen LogP contribution is 2.34. The molecule has 0 aromatic heterocycles. The van der Waals surface area contributed by atoms with Crippen molar-refractivity contribution in [2.75, 3.05) is 31.6 Å². The van der Waals surface area contributed by atoms with Crippen molar-refractivity contribution in [2.24, 2.45) is 5.41 Å². The molecule has 1 amide bonds. The average molecular weight is 274 g/mol. The summed E-state index contributed by atoms with van der Waals surface area (Å²) in [4.78, 5) is 12.3. The van der Waals surface area contributed by atoms with Crippen LogP contribution in [0, 0.1) is 5.41 Å². The fourth-order valence-electron chi connectivity index (χ4n) is 2.64. The fourth-order valence-corrected chi connectivity index (χ4v) is 3.19. The Morgan fingerprint density at radius 2 is 2.06 bits per heavy atom. The minimum absolute atomic E-state index is 0.161. The quantitative estimate of drug-likeness (QED) is 0.682. The number of piperidine rings is 1. The molecule has 1 rings (SSSR count). The summed E-state index contributed by atoms with van der Waals surface area (Å²) in [5.74, 6) is 0.871. The second-order valence-electron chi connectivity index (χ2n) is 5.17. The predicted octanol–water partition coefficient (Wildman–Crippen LogP) is 1.04. The minimum atomic E-state index is -0.760. The molecule has 1 fully saturated rings. The van der Waals surface area contributed by atoms with Crippen LogP contribution in [-0.4, -0.2) is 41.8 Å². The van der Waals surface area contributed by atoms with E-state index in [2.05, 4.69) is 17.6 Å². The fraction of sp³-hybridized carbons (Fsp3) is 0.923. The van der Waals surface area contributed by atoms with Crippen molar-refractivity contribution in [3.05, 3.63) is 0 Å². The SMILES string of the molecule is CCCC1(C(=O)NCCCS(C)=O)CCNCC1. The van der Waals surface area contributed by atoms with Crippen molar-refractivity contribution in [3.63, 3.8) is 0 Å². The Kier molecular flexibility index (Phi) is 6.86. The van der Waals surface area contributed by atoms with Gasteiger partial charge in [0.15, 0.2) is 0 Å². The highest BCUT2D eigenvalue weighted by atomic mass is 32.2. The third kappa shape index (κ3) is 4.69. The van der Waals surface area contributed by atoms with Crippen molar-refractivity contribution in [1.29, 1.82) is 0 Å². The van der Waals surface area contributed by atoms with Crippen LogP contribution in [0.25, 0.3) is 0 Å². The minimum Gasteiger partial charge on any atom is -0.356 e. The van der Waals surface area contributed by atoms with E-state index in [1.54, 1.807) is 6.26 Å². The van der Waals surface area contributed by atoms with Crippen LogP contribution in [0.4, 0.5) is 0 Å². The van der Waals surface area contributed by atoms with E-state index in [0.717, 1.165) is 45.2 Å². The number of hydrogen-bond donors (Lipinski definition) is 2. The van der Waals surface area contributed by atoms with E-state index in [-0.39, 0.29) is 11.3 Å². The molecule has 0 saturated carbocycles. The first-order valence-electron chi connectivity index (χ1n) is 6.90. The summed E-state index contributed by atoms with van der Waals surface area (Å²) in [5, 5.41) is 6.35. The van der Waals surface area contributed by atoms with Gasteiger partial charge in [0.2, 0.25) is 5.91 Å². The van der Waals surface area contributed by atoms with Gasteiger partial charge in [0.1, 0.15) is 0 Å². The van der Waals surface area contributed by atoms with Gasteiger partial charge >= 0.3 is 0 Å². The summed E-state index contributed by atoms with van der Waals surface area (Å²) < 4.78 is 10.9. The number of amides is 1. The van der Waals surface area contributed by atoms with Crippen LogP contribution in [0.5, 0.6) is 0 Å². The second kappa shape index (κ2) is 7.89. The summed E-state index contributed by atoms with van der Waals surface area (Å²) in [6.45, 7) is 4.66. The summed E-state index contributed by atoms with van der Waals surface area (Å²) in [5.41, 5.74) is -0.161. The van der Waals surface area contributed by atoms with Crippen molar-refractivity contribution >= 4 is 16.7 Å². The normalized spacial score (nSPS) is 20.3. The Balaban J connectivity index is 2.42. The lowest BCUT2D eigenvalue weighted by molar-refractivity contribution is -0.133. The second-order valence-corrected chi connectivity index (χ2v) is 6.72. The number of carbonyl (C=O) groups excluding carboxylic acids is 1. The Morgan fingerprint density at radius 3 is 2.61 bits per heavy atom. The molecule has 1 heterocycles. The van der Waals surface area contributed by atoms with E-state index in [9.17, 15) is 9.00 Å². The van der Waals surface area contributed by atoms with E-state index < -0.39 is 10.8 Å². The number of rotatable bonds is 7. The Labute approximate surface area is 113 Å². The van der Waals surface area contributed by atoms with Crippen LogP contribution >= 0.6 is 0 Å². The highest BCUT2D eigenvalue weighted by Gasteiger charge is 2.38. The molecule has 18 heavy (non-hydrogen) atoms. The van der Waals surface area contributed by atoms with E-state index in [4.69, 9.17) is 0 Å². The Morgan fingerprint density at radius 1 is 1.39 bits per heavy atom. The van der Waals surface area contributed by atoms with Crippen molar-refractivity contribution in [3.8, 4) is 0 Å². The van der Waals surface area contributed by atoms with Gasteiger partial charge in [0, 0.05) is 29.4 Å². The first kappa shape index (κ1) is 15.6. The maximum atomic E-state index is 12.3. The lowest BCUT2D eigenvalue weighted by Gasteiger charge is -2.36. The molecular formula is C13H26N2O2S. The molecule has 106 valence electrons. The van der Waals surface area contributed by atoms with Gasteiger partial charge in [-0.25, -0.2) is 0 Å². The zero-order valence-electron chi connectivity index (χ0n) is 11.6. The summed E-state index contributed by atoms with van der Waals surface area (Å²) >= 11 is 0. The van der Waals surface area contributed by atoms with E-state index in [1.165, 1.54) is 0 Å². The molecule has 0 aliphatic carbocycles. The van der Waals surface area contributed by atoms with Crippen LogP contribution in [0.3, 0.4) is 0 Å². The van der Waals surface area contributed by atoms with Gasteiger partial charge < -0.3 is 10.6 Å². The van der Waals surface area contributed by atoms with E-state index in [0.29, 0.717) is 12.3 Å². The zero-order chi connectivity index (χ0) is 13.4. The van der Waals surface area contributed by atoms with E-state index in [1.807, 2.05) is 0 Å². The van der Waals surface area contributed by atoms with Gasteiger partial charge in [-0.1, -0.05) is 13.3 Å². The average Bonchev–Trinajstić information content (AvgIpc) is 2.35. The number of nitrogens with one attached hydrogen (secondary N) is 2. The monoisotopic (exact) mass is 274 g/mol. The van der Waals surface area contributed by atoms with Gasteiger partial charge in [0.25, 0.3) is 0 Å². The molecule has 0 aromatic rings. The van der Waals surface area contributed by atoms with Gasteiger partial charge in [-0.3, -0.25) is 9.00 Å². The molecule has 1 saturated heterocycles. The molecule has 1 aliphatic rings. The third-order valence-electron chi connectivity index (χ3n) is 3.67. The summed E-state index contributed by atoms with van der Waals surface area (Å²) in [7, 11) is -0.760. The van der Waals surface area contributed by atoms with Crippen molar-refractivity contribution in [1.82, 2.24) is 10.6 Å². The molecule has 0 spiro atoms. The lowest BCUT2D eigenvalue weighted by atomic mass is 9.74. The molecule has 1 aliphatic heterocycles. The third-order valence-corrected chi connectivity index (χ3v) is 4.53. The first-order valence-corrected chi connectivity index (χ1v) is 8.62. The molecular weight excluding hydrogens is 248 g/mol. The van der Waals surface area contributed by atoms with Crippen LogP contribution in [0.2, 0.25) is 0 Å². The molecule has 5 heteroatoms. The van der Waals surface area contributed by atoms with Gasteiger partial charge in [-0.15, -0.1) is 0 Å². The van der Waals surface area contributed by atoms with Crippen LogP contribution in [-0.2, 0) is 15.6 Å². The maximum Gasteiger partial charge on any atom is 0.226 e.